The first kappa shape index (κ1) is 5.68. The molecule has 1 rings (SSSR count). The highest BCUT2D eigenvalue weighted by atomic mass is 16.6. The van der Waals surface area contributed by atoms with E-state index in [1.165, 1.54) is 12.3 Å². The minimum Gasteiger partial charge on any atom is -0.390 e. The maximum absolute atomic E-state index is 10.3. The fraction of sp³-hybridized carbons (Fsp3) is 0. The van der Waals surface area contributed by atoms with Crippen LogP contribution < -0.4 is 11.2 Å². The second-order valence-electron chi connectivity index (χ2n) is 1.49. The van der Waals surface area contributed by atoms with Gasteiger partial charge in [-0.2, -0.15) is 0 Å². The van der Waals surface area contributed by atoms with Crippen LogP contribution in [-0.4, -0.2) is 5.91 Å². The fourth-order valence-electron chi connectivity index (χ4n) is 0.439. The van der Waals surface area contributed by atoms with Crippen molar-refractivity contribution >= 4 is 5.91 Å². The minimum absolute atomic E-state index is 0.262. The summed E-state index contributed by atoms with van der Waals surface area (Å²) < 4.78 is 0. The average molecular weight is 126 g/mol. The molecule has 0 spiro atoms. The van der Waals surface area contributed by atoms with Gasteiger partial charge in [-0.05, 0) is 12.2 Å². The largest absolute Gasteiger partial charge is 0.390 e. The van der Waals surface area contributed by atoms with E-state index >= 15 is 0 Å². The van der Waals surface area contributed by atoms with E-state index in [4.69, 9.17) is 5.73 Å². The van der Waals surface area contributed by atoms with Crippen molar-refractivity contribution in [2.45, 2.75) is 0 Å². The van der Waals surface area contributed by atoms with E-state index in [2.05, 4.69) is 10.3 Å². The summed E-state index contributed by atoms with van der Waals surface area (Å²) in [6.07, 6.45) is 4.52. The van der Waals surface area contributed by atoms with Crippen molar-refractivity contribution in [3.05, 3.63) is 24.1 Å². The standard InChI is InChI=1S/C5H6N2O2/c6-5(8)4-2-1-3-9-7-4/h1-3,7H,(H2,6,8). The Hall–Kier alpha value is -1.45. The molecule has 1 amide bonds. The number of carbonyl (C=O) groups is 1. The van der Waals surface area contributed by atoms with Gasteiger partial charge >= 0.3 is 0 Å². The molecule has 0 aromatic heterocycles. The van der Waals surface area contributed by atoms with Crippen LogP contribution in [0.5, 0.6) is 0 Å². The van der Waals surface area contributed by atoms with Gasteiger partial charge in [0.15, 0.2) is 0 Å². The van der Waals surface area contributed by atoms with Gasteiger partial charge in [0.2, 0.25) is 0 Å². The topological polar surface area (TPSA) is 64.4 Å². The summed E-state index contributed by atoms with van der Waals surface area (Å²) in [5, 5.41) is 0. The number of nitrogens with one attached hydrogen (secondary N) is 1. The summed E-state index contributed by atoms with van der Waals surface area (Å²) in [5.41, 5.74) is 7.46. The summed E-state index contributed by atoms with van der Waals surface area (Å²) in [6.45, 7) is 0. The van der Waals surface area contributed by atoms with E-state index < -0.39 is 5.91 Å². The first-order valence-electron chi connectivity index (χ1n) is 2.39. The third-order valence-electron chi connectivity index (χ3n) is 0.844. The van der Waals surface area contributed by atoms with E-state index in [9.17, 15) is 4.79 Å². The lowest BCUT2D eigenvalue weighted by Crippen LogP contribution is -2.26. The van der Waals surface area contributed by atoms with Gasteiger partial charge < -0.3 is 10.6 Å². The predicted molar refractivity (Wildman–Crippen MR) is 30.6 cm³/mol. The van der Waals surface area contributed by atoms with Crippen LogP contribution in [0.25, 0.3) is 0 Å². The summed E-state index contributed by atoms with van der Waals surface area (Å²) in [5.74, 6) is -0.528. The van der Waals surface area contributed by atoms with E-state index in [1.807, 2.05) is 0 Å². The average Bonchev–Trinajstić information content (AvgIpc) is 1.90. The molecule has 0 unspecified atom stereocenters. The lowest BCUT2D eigenvalue weighted by molar-refractivity contribution is -0.115. The molecule has 0 atom stereocenters. The van der Waals surface area contributed by atoms with Crippen LogP contribution in [0.3, 0.4) is 0 Å². The Morgan fingerprint density at radius 2 is 2.56 bits per heavy atom. The molecule has 1 aliphatic heterocycles. The molecule has 4 nitrogen and oxygen atoms in total. The van der Waals surface area contributed by atoms with Gasteiger partial charge in [0, 0.05) is 0 Å². The molecule has 0 aliphatic carbocycles. The molecule has 0 fully saturated rings. The van der Waals surface area contributed by atoms with Crippen molar-refractivity contribution in [2.24, 2.45) is 5.73 Å². The van der Waals surface area contributed by atoms with Crippen LogP contribution in [-0.2, 0) is 9.63 Å². The van der Waals surface area contributed by atoms with Crippen LogP contribution in [0.15, 0.2) is 24.1 Å². The Kier molecular flexibility index (Phi) is 1.40. The Labute approximate surface area is 51.9 Å². The Bertz CT molecular complexity index is 183. The Morgan fingerprint density at radius 1 is 1.78 bits per heavy atom. The lowest BCUT2D eigenvalue weighted by atomic mass is 10.4. The van der Waals surface area contributed by atoms with E-state index in [0.29, 0.717) is 0 Å². The number of carbonyl (C=O) groups excluding carboxylic acids is 1. The highest BCUT2D eigenvalue weighted by molar-refractivity contribution is 5.91. The van der Waals surface area contributed by atoms with Crippen molar-refractivity contribution in [1.82, 2.24) is 5.48 Å². The molecule has 0 aromatic carbocycles. The quantitative estimate of drug-likeness (QED) is 0.493. The molecule has 0 radical (unpaired) electrons. The number of rotatable bonds is 1. The number of hydrogen-bond donors (Lipinski definition) is 2. The van der Waals surface area contributed by atoms with E-state index in [1.54, 1.807) is 6.08 Å². The van der Waals surface area contributed by atoms with Crippen LogP contribution in [0, 0.1) is 0 Å². The normalized spacial score (nSPS) is 15.3. The van der Waals surface area contributed by atoms with Crippen molar-refractivity contribution in [1.29, 1.82) is 0 Å². The van der Waals surface area contributed by atoms with Gasteiger partial charge in [0.05, 0.1) is 0 Å². The smallest absolute Gasteiger partial charge is 0.268 e. The van der Waals surface area contributed by atoms with Gasteiger partial charge in [-0.1, -0.05) is 0 Å². The van der Waals surface area contributed by atoms with Gasteiger partial charge in [-0.25, -0.2) is 5.48 Å². The van der Waals surface area contributed by atoms with Crippen molar-refractivity contribution in [3.63, 3.8) is 0 Å². The number of nitrogens with two attached hydrogens (primary N) is 1. The Morgan fingerprint density at radius 3 is 2.89 bits per heavy atom. The molecule has 0 bridgehead atoms. The number of primary amides is 1. The van der Waals surface area contributed by atoms with Gasteiger partial charge in [0.25, 0.3) is 5.91 Å². The predicted octanol–water partition coefficient (Wildman–Crippen LogP) is -0.596. The number of amides is 1. The van der Waals surface area contributed by atoms with Gasteiger partial charge in [0.1, 0.15) is 12.0 Å². The van der Waals surface area contributed by atoms with Crippen LogP contribution >= 0.6 is 0 Å². The SMILES string of the molecule is NC(=O)C1=CC=CON1. The third kappa shape index (κ3) is 1.22. The first-order chi connectivity index (χ1) is 4.30. The molecular formula is C5H6N2O2. The Balaban J connectivity index is 2.68. The molecular weight excluding hydrogens is 120 g/mol. The molecule has 3 N–H and O–H groups in total. The second kappa shape index (κ2) is 2.21. The zero-order valence-corrected chi connectivity index (χ0v) is 4.63. The maximum Gasteiger partial charge on any atom is 0.268 e. The zero-order chi connectivity index (χ0) is 6.69. The van der Waals surface area contributed by atoms with Crippen LogP contribution in [0.2, 0.25) is 0 Å². The summed E-state index contributed by atoms with van der Waals surface area (Å²) in [4.78, 5) is 14.9. The summed E-state index contributed by atoms with van der Waals surface area (Å²) in [6, 6.07) is 0. The summed E-state index contributed by atoms with van der Waals surface area (Å²) >= 11 is 0. The molecule has 0 aromatic rings. The van der Waals surface area contributed by atoms with E-state index in [0.717, 1.165) is 0 Å². The maximum atomic E-state index is 10.3. The van der Waals surface area contributed by atoms with Gasteiger partial charge in [-0.15, -0.1) is 0 Å². The zero-order valence-electron chi connectivity index (χ0n) is 4.63. The minimum atomic E-state index is -0.528. The summed E-state index contributed by atoms with van der Waals surface area (Å²) in [7, 11) is 0. The fourth-order valence-corrected chi connectivity index (χ4v) is 0.439. The third-order valence-corrected chi connectivity index (χ3v) is 0.844. The molecule has 0 saturated carbocycles. The second-order valence-corrected chi connectivity index (χ2v) is 1.49. The number of allylic oxidation sites excluding steroid dienone is 2. The lowest BCUT2D eigenvalue weighted by Gasteiger charge is -2.07. The highest BCUT2D eigenvalue weighted by Crippen LogP contribution is 1.94. The van der Waals surface area contributed by atoms with Crippen molar-refractivity contribution in [3.8, 4) is 0 Å². The van der Waals surface area contributed by atoms with E-state index in [-0.39, 0.29) is 5.70 Å². The molecule has 0 saturated heterocycles. The molecule has 1 heterocycles. The number of hydrogen-bond acceptors (Lipinski definition) is 3. The molecule has 1 aliphatic rings. The first-order valence-corrected chi connectivity index (χ1v) is 2.39. The van der Waals surface area contributed by atoms with Gasteiger partial charge in [-0.3, -0.25) is 4.79 Å². The molecule has 4 heteroatoms. The molecule has 48 valence electrons. The highest BCUT2D eigenvalue weighted by Gasteiger charge is 2.03. The van der Waals surface area contributed by atoms with Crippen LogP contribution in [0.4, 0.5) is 0 Å². The van der Waals surface area contributed by atoms with Crippen molar-refractivity contribution in [2.75, 3.05) is 0 Å². The van der Waals surface area contributed by atoms with Crippen LogP contribution in [0.1, 0.15) is 0 Å². The van der Waals surface area contributed by atoms with Crippen molar-refractivity contribution < 1.29 is 9.63 Å². The molecule has 9 heavy (non-hydrogen) atoms. The number of hydroxylamine groups is 1. The monoisotopic (exact) mass is 126 g/mol.